The second-order valence-electron chi connectivity index (χ2n) is 12.6. The fourth-order valence-corrected chi connectivity index (χ4v) is 5.72. The van der Waals surface area contributed by atoms with Gasteiger partial charge < -0.3 is 52.7 Å². The number of hydrogen-bond acceptors (Lipinski definition) is 11. The number of anilines is 1. The minimum absolute atomic E-state index is 0.109. The Balaban J connectivity index is 0.884. The van der Waals surface area contributed by atoms with Crippen LogP contribution in [0.3, 0.4) is 0 Å². The molecule has 4 rings (SSSR count). The molecule has 1 amide bonds. The van der Waals surface area contributed by atoms with Crippen LogP contribution < -0.4 is 10.1 Å². The van der Waals surface area contributed by atoms with Crippen molar-refractivity contribution in [2.75, 3.05) is 124 Å². The van der Waals surface area contributed by atoms with E-state index in [-0.39, 0.29) is 5.91 Å². The maximum absolute atomic E-state index is 11.1. The average molecular weight is 790 g/mol. The molecule has 12 nitrogen and oxygen atoms in total. The van der Waals surface area contributed by atoms with Gasteiger partial charge in [-0.2, -0.15) is 0 Å². The molecule has 0 aromatic heterocycles. The Morgan fingerprint density at radius 3 is 1.02 bits per heavy atom. The molecule has 0 bridgehead atoms. The van der Waals surface area contributed by atoms with Crippen LogP contribution in [0.15, 0.2) is 115 Å². The van der Waals surface area contributed by atoms with Gasteiger partial charge >= 0.3 is 0 Å². The highest BCUT2D eigenvalue weighted by molar-refractivity contribution is 5.88. The quantitative estimate of drug-likeness (QED) is 0.0441. The highest BCUT2D eigenvalue weighted by Gasteiger charge is 2.37. The van der Waals surface area contributed by atoms with E-state index in [1.54, 1.807) is 24.3 Å². The van der Waals surface area contributed by atoms with Crippen LogP contribution in [0.25, 0.3) is 0 Å². The molecular formula is C45H59NO11. The van der Waals surface area contributed by atoms with Crippen molar-refractivity contribution in [1.82, 2.24) is 0 Å². The maximum atomic E-state index is 11.1. The van der Waals surface area contributed by atoms with Crippen molar-refractivity contribution >= 4 is 11.6 Å². The van der Waals surface area contributed by atoms with Crippen LogP contribution in [0.4, 0.5) is 5.69 Å². The van der Waals surface area contributed by atoms with Crippen LogP contribution in [0.2, 0.25) is 0 Å². The van der Waals surface area contributed by atoms with Crippen molar-refractivity contribution in [1.29, 1.82) is 0 Å². The van der Waals surface area contributed by atoms with Crippen LogP contribution in [-0.4, -0.2) is 125 Å². The van der Waals surface area contributed by atoms with E-state index in [2.05, 4.69) is 41.7 Å². The first-order valence-electron chi connectivity index (χ1n) is 19.6. The van der Waals surface area contributed by atoms with E-state index in [4.69, 9.17) is 47.4 Å². The predicted molar refractivity (Wildman–Crippen MR) is 218 cm³/mol. The number of hydrogen-bond donors (Lipinski definition) is 1. The Bertz CT molecular complexity index is 1470. The molecule has 0 fully saturated rings. The van der Waals surface area contributed by atoms with Crippen molar-refractivity contribution in [2.45, 2.75) is 12.5 Å². The highest BCUT2D eigenvalue weighted by Crippen LogP contribution is 2.40. The Morgan fingerprint density at radius 1 is 0.404 bits per heavy atom. The fourth-order valence-electron chi connectivity index (χ4n) is 5.72. The SMILES string of the molecule is CC(=O)Nc1ccc(OCCOCCOCCOCCOCCOCCOCCOCCOCCOC(c2ccccc2)(c2ccccc2)c2ccccc2)cc1. The lowest BCUT2D eigenvalue weighted by atomic mass is 9.80. The third-order valence-electron chi connectivity index (χ3n) is 8.36. The van der Waals surface area contributed by atoms with E-state index in [1.807, 2.05) is 54.6 Å². The predicted octanol–water partition coefficient (Wildman–Crippen LogP) is 6.17. The minimum atomic E-state index is -0.756. The molecule has 0 radical (unpaired) electrons. The van der Waals surface area contributed by atoms with Crippen molar-refractivity contribution < 1.29 is 52.2 Å². The summed E-state index contributed by atoms with van der Waals surface area (Å²) in [5.41, 5.74) is 3.17. The van der Waals surface area contributed by atoms with Crippen molar-refractivity contribution in [3.05, 3.63) is 132 Å². The van der Waals surface area contributed by atoms with E-state index in [9.17, 15) is 4.79 Å². The number of rotatable bonds is 33. The molecular weight excluding hydrogens is 730 g/mol. The Hall–Kier alpha value is -4.21. The van der Waals surface area contributed by atoms with Gasteiger partial charge in [-0.1, -0.05) is 91.0 Å². The summed E-state index contributed by atoms with van der Waals surface area (Å²) < 4.78 is 57.1. The third kappa shape index (κ3) is 18.3. The van der Waals surface area contributed by atoms with E-state index >= 15 is 0 Å². The molecule has 0 aliphatic heterocycles. The molecule has 0 saturated heterocycles. The molecule has 1 N–H and O–H groups in total. The van der Waals surface area contributed by atoms with Gasteiger partial charge in [0.05, 0.1) is 112 Å². The molecule has 12 heteroatoms. The van der Waals surface area contributed by atoms with Crippen molar-refractivity contribution in [3.63, 3.8) is 0 Å². The van der Waals surface area contributed by atoms with Gasteiger partial charge in [0.2, 0.25) is 5.91 Å². The van der Waals surface area contributed by atoms with Crippen LogP contribution >= 0.6 is 0 Å². The summed E-state index contributed by atoms with van der Waals surface area (Å²) in [6.45, 7) is 9.97. The maximum Gasteiger partial charge on any atom is 0.221 e. The van der Waals surface area contributed by atoms with E-state index < -0.39 is 5.60 Å². The molecule has 4 aromatic rings. The van der Waals surface area contributed by atoms with Crippen LogP contribution in [-0.2, 0) is 53.0 Å². The summed E-state index contributed by atoms with van der Waals surface area (Å²) in [6.07, 6.45) is 0. The van der Waals surface area contributed by atoms with Crippen LogP contribution in [0.1, 0.15) is 23.6 Å². The first-order chi connectivity index (χ1) is 28.2. The molecule has 0 aliphatic rings. The molecule has 0 aliphatic carbocycles. The normalized spacial score (nSPS) is 11.5. The van der Waals surface area contributed by atoms with Crippen LogP contribution in [0, 0.1) is 0 Å². The van der Waals surface area contributed by atoms with Gasteiger partial charge in [-0.25, -0.2) is 0 Å². The van der Waals surface area contributed by atoms with Gasteiger partial charge in [-0.15, -0.1) is 0 Å². The van der Waals surface area contributed by atoms with Gasteiger partial charge in [0.25, 0.3) is 0 Å². The summed E-state index contributed by atoms with van der Waals surface area (Å²) in [6, 6.07) is 38.1. The zero-order valence-electron chi connectivity index (χ0n) is 33.2. The lowest BCUT2D eigenvalue weighted by molar-refractivity contribution is -0.114. The van der Waals surface area contributed by atoms with E-state index in [0.29, 0.717) is 125 Å². The first kappa shape index (κ1) is 45.5. The highest BCUT2D eigenvalue weighted by atomic mass is 16.6. The average Bonchev–Trinajstić information content (AvgIpc) is 3.24. The van der Waals surface area contributed by atoms with Gasteiger partial charge in [0.1, 0.15) is 18.0 Å². The van der Waals surface area contributed by atoms with Gasteiger partial charge in [-0.3, -0.25) is 4.79 Å². The number of carbonyl (C=O) groups is 1. The monoisotopic (exact) mass is 789 g/mol. The Kier molecular flexibility index (Phi) is 23.2. The number of amides is 1. The topological polar surface area (TPSA) is 121 Å². The van der Waals surface area contributed by atoms with Gasteiger partial charge in [0.15, 0.2) is 0 Å². The van der Waals surface area contributed by atoms with E-state index in [1.165, 1.54) is 6.92 Å². The molecule has 310 valence electrons. The smallest absolute Gasteiger partial charge is 0.221 e. The number of ether oxygens (including phenoxy) is 10. The zero-order chi connectivity index (χ0) is 39.9. The lowest BCUT2D eigenvalue weighted by Gasteiger charge is -2.36. The second-order valence-corrected chi connectivity index (χ2v) is 12.6. The molecule has 0 saturated carbocycles. The van der Waals surface area contributed by atoms with Crippen LogP contribution in [0.5, 0.6) is 5.75 Å². The minimum Gasteiger partial charge on any atom is -0.491 e. The van der Waals surface area contributed by atoms with Gasteiger partial charge in [0, 0.05) is 12.6 Å². The van der Waals surface area contributed by atoms with Crippen molar-refractivity contribution in [3.8, 4) is 5.75 Å². The summed E-state index contributed by atoms with van der Waals surface area (Å²) in [5, 5.41) is 2.72. The van der Waals surface area contributed by atoms with E-state index in [0.717, 1.165) is 22.4 Å². The number of benzene rings is 4. The molecule has 0 atom stereocenters. The van der Waals surface area contributed by atoms with Crippen molar-refractivity contribution in [2.24, 2.45) is 0 Å². The summed E-state index contributed by atoms with van der Waals surface area (Å²) in [5.74, 6) is 0.607. The largest absolute Gasteiger partial charge is 0.491 e. The lowest BCUT2D eigenvalue weighted by Crippen LogP contribution is -2.34. The molecule has 4 aromatic carbocycles. The fraction of sp³-hybridized carbons (Fsp3) is 0.444. The molecule has 57 heavy (non-hydrogen) atoms. The standard InChI is InChI=1S/C45H59NO11/c1-39(47)46-43-17-19-44(20-18-43)56-37-35-54-33-31-52-29-27-50-25-23-48-21-22-49-24-26-51-28-30-53-32-34-55-36-38-57-45(40-11-5-2-6-12-40,41-13-7-3-8-14-41)42-15-9-4-10-16-42/h2-20H,21-38H2,1H3,(H,46,47). The summed E-state index contributed by atoms with van der Waals surface area (Å²) in [4.78, 5) is 11.1. The Labute approximate surface area is 337 Å². The zero-order valence-corrected chi connectivity index (χ0v) is 33.2. The summed E-state index contributed by atoms with van der Waals surface area (Å²) in [7, 11) is 0. The van der Waals surface area contributed by atoms with Gasteiger partial charge in [-0.05, 0) is 41.0 Å². The number of carbonyl (C=O) groups excluding carboxylic acids is 1. The molecule has 0 heterocycles. The molecule has 0 unspecified atom stereocenters. The third-order valence-corrected chi connectivity index (χ3v) is 8.36. The Morgan fingerprint density at radius 2 is 0.702 bits per heavy atom. The first-order valence-corrected chi connectivity index (χ1v) is 19.6. The second kappa shape index (κ2) is 29.1. The number of nitrogens with one attached hydrogen (secondary N) is 1. The molecule has 0 spiro atoms. The summed E-state index contributed by atoms with van der Waals surface area (Å²) >= 11 is 0.